The van der Waals surface area contributed by atoms with Gasteiger partial charge in [0.2, 0.25) is 0 Å². The van der Waals surface area contributed by atoms with E-state index in [-0.39, 0.29) is 25.7 Å². The fraction of sp³-hybridized carbons (Fsp3) is 0.954. The molecule has 0 aromatic rings. The third kappa shape index (κ3) is 77.4. The molecule has 0 heterocycles. The molecule has 0 saturated heterocycles. The van der Waals surface area contributed by atoms with Gasteiger partial charge in [-0.1, -0.05) is 414 Å². The second-order valence-electron chi connectivity index (χ2n) is 31.8. The summed E-state index contributed by atoms with van der Waals surface area (Å²) in [5.41, 5.74) is 0. The van der Waals surface area contributed by atoms with Gasteiger partial charge < -0.3 is 33.8 Å². The van der Waals surface area contributed by atoms with E-state index in [4.69, 9.17) is 37.0 Å². The zero-order valence-corrected chi connectivity index (χ0v) is 71.5. The van der Waals surface area contributed by atoms with Crippen LogP contribution in [-0.2, 0) is 65.4 Å². The first-order valence-electron chi connectivity index (χ1n) is 45.1. The Morgan fingerprint density at radius 1 is 0.264 bits per heavy atom. The first-order chi connectivity index (χ1) is 51.4. The van der Waals surface area contributed by atoms with Gasteiger partial charge in [0.25, 0.3) is 0 Å². The first-order valence-corrected chi connectivity index (χ1v) is 48.1. The van der Waals surface area contributed by atoms with Crippen LogP contribution in [0.2, 0.25) is 0 Å². The average Bonchev–Trinajstić information content (AvgIpc) is 0.906. The van der Waals surface area contributed by atoms with E-state index in [0.717, 1.165) is 108 Å². The maximum absolute atomic E-state index is 13.2. The third-order valence-corrected chi connectivity index (χ3v) is 23.1. The maximum Gasteiger partial charge on any atom is 0.472 e. The number of phosphoric ester groups is 2. The maximum atomic E-state index is 13.2. The molecule has 0 rings (SSSR count). The molecule has 3 N–H and O–H groups in total. The van der Waals surface area contributed by atoms with E-state index in [2.05, 4.69) is 41.5 Å². The predicted octanol–water partition coefficient (Wildman–Crippen LogP) is 26.6. The molecule has 0 aromatic carbocycles. The molecule has 0 aromatic heterocycles. The highest BCUT2D eigenvalue weighted by Gasteiger charge is 2.30. The van der Waals surface area contributed by atoms with Crippen LogP contribution < -0.4 is 0 Å². The van der Waals surface area contributed by atoms with Gasteiger partial charge in [0.15, 0.2) is 12.2 Å². The predicted molar refractivity (Wildman–Crippen MR) is 437 cm³/mol. The smallest absolute Gasteiger partial charge is 0.462 e. The molecule has 630 valence electrons. The Hall–Kier alpha value is -1.94. The molecule has 7 atom stereocenters. The van der Waals surface area contributed by atoms with Crippen molar-refractivity contribution in [3.8, 4) is 0 Å². The zero-order chi connectivity index (χ0) is 77.8. The summed E-state index contributed by atoms with van der Waals surface area (Å²) in [5, 5.41) is 10.7. The van der Waals surface area contributed by atoms with Crippen molar-refractivity contribution >= 4 is 39.5 Å². The lowest BCUT2D eigenvalue weighted by molar-refractivity contribution is -0.161. The molecule has 19 heteroatoms. The van der Waals surface area contributed by atoms with Crippen LogP contribution in [0.3, 0.4) is 0 Å². The summed E-state index contributed by atoms with van der Waals surface area (Å²) in [4.78, 5) is 73.2. The number of carbonyl (C=O) groups excluding carboxylic acids is 4. The van der Waals surface area contributed by atoms with Crippen molar-refractivity contribution in [2.75, 3.05) is 39.6 Å². The Labute approximate surface area is 651 Å². The van der Waals surface area contributed by atoms with Crippen LogP contribution in [0.5, 0.6) is 0 Å². The molecule has 4 unspecified atom stereocenters. The minimum Gasteiger partial charge on any atom is -0.462 e. The van der Waals surface area contributed by atoms with Crippen molar-refractivity contribution in [3.63, 3.8) is 0 Å². The molecule has 0 aliphatic carbocycles. The van der Waals surface area contributed by atoms with Crippen molar-refractivity contribution in [3.05, 3.63) is 0 Å². The highest BCUT2D eigenvalue weighted by Crippen LogP contribution is 2.45. The van der Waals surface area contributed by atoms with Crippen molar-refractivity contribution in [2.45, 2.75) is 484 Å². The van der Waals surface area contributed by atoms with Crippen molar-refractivity contribution in [2.24, 2.45) is 11.8 Å². The molecule has 0 saturated carbocycles. The molecule has 0 fully saturated rings. The Morgan fingerprint density at radius 2 is 0.453 bits per heavy atom. The van der Waals surface area contributed by atoms with Gasteiger partial charge in [-0.25, -0.2) is 9.13 Å². The van der Waals surface area contributed by atoms with Crippen LogP contribution in [0.4, 0.5) is 0 Å². The Kier molecular flexibility index (Phi) is 76.9. The lowest BCUT2D eigenvalue weighted by Gasteiger charge is -2.21. The monoisotopic (exact) mass is 1550 g/mol. The summed E-state index contributed by atoms with van der Waals surface area (Å²) in [6.07, 6.45) is 71.0. The minimum atomic E-state index is -4.97. The minimum absolute atomic E-state index is 0.107. The molecule has 0 aliphatic heterocycles. The van der Waals surface area contributed by atoms with Gasteiger partial charge in [0.05, 0.1) is 26.4 Å². The number of ether oxygens (including phenoxy) is 4. The Bertz CT molecular complexity index is 2030. The highest BCUT2D eigenvalue weighted by molar-refractivity contribution is 7.47. The summed E-state index contributed by atoms with van der Waals surface area (Å²) >= 11 is 0. The van der Waals surface area contributed by atoms with Crippen LogP contribution in [0.25, 0.3) is 0 Å². The largest absolute Gasteiger partial charge is 0.472 e. The normalized spacial score (nSPS) is 14.3. The van der Waals surface area contributed by atoms with E-state index in [0.29, 0.717) is 25.7 Å². The Balaban J connectivity index is 5.19. The van der Waals surface area contributed by atoms with Gasteiger partial charge in [0.1, 0.15) is 19.3 Å². The number of hydrogen-bond donors (Lipinski definition) is 3. The van der Waals surface area contributed by atoms with E-state index in [9.17, 15) is 43.2 Å². The summed E-state index contributed by atoms with van der Waals surface area (Å²) in [6.45, 7) is 9.69. The van der Waals surface area contributed by atoms with Gasteiger partial charge in [-0.2, -0.15) is 0 Å². The topological polar surface area (TPSA) is 237 Å². The van der Waals surface area contributed by atoms with E-state index in [1.54, 1.807) is 0 Å². The van der Waals surface area contributed by atoms with E-state index in [1.165, 1.54) is 276 Å². The zero-order valence-electron chi connectivity index (χ0n) is 69.7. The average molecular weight is 1550 g/mol. The van der Waals surface area contributed by atoms with E-state index in [1.807, 2.05) is 0 Å². The van der Waals surface area contributed by atoms with Crippen LogP contribution in [0.1, 0.15) is 465 Å². The van der Waals surface area contributed by atoms with Crippen LogP contribution in [0, 0.1) is 11.8 Å². The molecular formula is C87H170O17P2. The number of aliphatic hydroxyl groups is 1. The number of rotatable bonds is 86. The van der Waals surface area contributed by atoms with Gasteiger partial charge >= 0.3 is 39.5 Å². The standard InChI is InChI=1S/C87H170O17P2/c1-7-11-13-15-17-19-21-23-24-25-26-27-28-29-33-36-39-43-46-50-57-63-69-84(89)97-75-82(103-87(92)72-66-60-52-48-44-40-37-34-31-30-32-35-38-41-45-49-55-61-67-79(5)9-3)77-101-105(93,94)99-73-81(88)74-100-106(95,96)102-78-83(76-98-85(90)70-64-58-54-53-56-62-68-80(6)10-4)104-86(91)71-65-59-51-47-42-22-20-18-16-14-12-8-2/h79-83,88H,7-78H2,1-6H3,(H,93,94)(H,95,96)/t79?,80?,81-,82-,83-/m1/s1. The molecule has 0 radical (unpaired) electrons. The molecule has 0 amide bonds. The van der Waals surface area contributed by atoms with Crippen LogP contribution in [-0.4, -0.2) is 96.7 Å². The van der Waals surface area contributed by atoms with E-state index >= 15 is 0 Å². The highest BCUT2D eigenvalue weighted by atomic mass is 31.2. The lowest BCUT2D eigenvalue weighted by atomic mass is 9.99. The quantitative estimate of drug-likeness (QED) is 0.0222. The molecule has 0 spiro atoms. The van der Waals surface area contributed by atoms with Crippen molar-refractivity contribution in [1.29, 1.82) is 0 Å². The third-order valence-electron chi connectivity index (χ3n) is 21.2. The van der Waals surface area contributed by atoms with E-state index < -0.39 is 97.5 Å². The molecule has 106 heavy (non-hydrogen) atoms. The summed E-state index contributed by atoms with van der Waals surface area (Å²) in [5.74, 6) is -0.502. The van der Waals surface area contributed by atoms with Gasteiger partial charge in [0, 0.05) is 25.7 Å². The SMILES string of the molecule is CCCCCCCCCCCCCCCCCCCCCCCCC(=O)OC[C@H](COP(=O)(O)OC[C@@H](O)COP(=O)(O)OC[C@@H](COC(=O)CCCCCCCCC(C)CC)OC(=O)CCCCCCCCCCCCCC)OC(=O)CCCCCCCCCCCCCCCCCCCCC(C)CC. The number of unbranched alkanes of at least 4 members (excludes halogenated alkanes) is 54. The fourth-order valence-electron chi connectivity index (χ4n) is 13.5. The number of hydrogen-bond acceptors (Lipinski definition) is 15. The number of phosphoric acid groups is 2. The molecular weight excluding hydrogens is 1380 g/mol. The van der Waals surface area contributed by atoms with Gasteiger partial charge in [-0.15, -0.1) is 0 Å². The van der Waals surface area contributed by atoms with Crippen molar-refractivity contribution in [1.82, 2.24) is 0 Å². The molecule has 0 aliphatic rings. The summed E-state index contributed by atoms with van der Waals surface area (Å²) in [6, 6.07) is 0. The lowest BCUT2D eigenvalue weighted by Crippen LogP contribution is -2.30. The fourth-order valence-corrected chi connectivity index (χ4v) is 15.1. The van der Waals surface area contributed by atoms with Crippen molar-refractivity contribution < 1.29 is 80.2 Å². The number of aliphatic hydroxyl groups excluding tert-OH is 1. The van der Waals surface area contributed by atoms with Crippen LogP contribution in [0.15, 0.2) is 0 Å². The number of esters is 4. The molecule has 17 nitrogen and oxygen atoms in total. The van der Waals surface area contributed by atoms with Gasteiger partial charge in [-0.3, -0.25) is 37.3 Å². The summed E-state index contributed by atoms with van der Waals surface area (Å²) < 4.78 is 68.8. The second kappa shape index (κ2) is 78.3. The van der Waals surface area contributed by atoms with Crippen LogP contribution >= 0.6 is 15.6 Å². The Morgan fingerprint density at radius 3 is 0.670 bits per heavy atom. The number of carbonyl (C=O) groups is 4. The first kappa shape index (κ1) is 104. The van der Waals surface area contributed by atoms with Gasteiger partial charge in [-0.05, 0) is 37.5 Å². The molecule has 0 bridgehead atoms. The second-order valence-corrected chi connectivity index (χ2v) is 34.7. The summed E-state index contributed by atoms with van der Waals surface area (Å²) in [7, 11) is -9.93.